The Morgan fingerprint density at radius 1 is 1.11 bits per heavy atom. The Bertz CT molecular complexity index is 1020. The molecule has 2 aromatic rings. The highest BCUT2D eigenvalue weighted by Crippen LogP contribution is 2.29. The molecular formula is C27H38N4O6. The molecule has 1 unspecified atom stereocenters. The van der Waals surface area contributed by atoms with Gasteiger partial charge in [-0.3, -0.25) is 9.78 Å². The van der Waals surface area contributed by atoms with Gasteiger partial charge in [-0.25, -0.2) is 9.59 Å². The number of nitrogens with two attached hydrogens (primary N) is 1. The molecule has 1 aromatic heterocycles. The van der Waals surface area contributed by atoms with E-state index in [-0.39, 0.29) is 29.9 Å². The average molecular weight is 515 g/mol. The first-order chi connectivity index (χ1) is 17.4. The molecule has 1 atom stereocenters. The molecule has 1 saturated carbocycles. The Labute approximate surface area is 217 Å². The first kappa shape index (κ1) is 29.4. The number of aromatic hydroxyl groups is 1. The van der Waals surface area contributed by atoms with E-state index in [9.17, 15) is 24.6 Å². The van der Waals surface area contributed by atoms with Gasteiger partial charge in [-0.15, -0.1) is 0 Å². The number of amides is 2. The van der Waals surface area contributed by atoms with Crippen LogP contribution in [0.1, 0.15) is 52.0 Å². The number of rotatable bonds is 7. The van der Waals surface area contributed by atoms with Crippen LogP contribution in [-0.2, 0) is 20.7 Å². The Morgan fingerprint density at radius 2 is 1.76 bits per heavy atom. The Kier molecular flexibility index (Phi) is 11.2. The van der Waals surface area contributed by atoms with Crippen molar-refractivity contribution < 1.29 is 29.3 Å². The lowest BCUT2D eigenvalue weighted by molar-refractivity contribution is -0.142. The molecule has 0 spiro atoms. The summed E-state index contributed by atoms with van der Waals surface area (Å²) < 4.78 is 5.23. The van der Waals surface area contributed by atoms with Gasteiger partial charge >= 0.3 is 12.1 Å². The van der Waals surface area contributed by atoms with E-state index in [1.807, 2.05) is 0 Å². The zero-order valence-corrected chi connectivity index (χ0v) is 21.6. The van der Waals surface area contributed by atoms with Gasteiger partial charge in [-0.05, 0) is 82.2 Å². The van der Waals surface area contributed by atoms with Gasteiger partial charge in [0, 0.05) is 37.0 Å². The summed E-state index contributed by atoms with van der Waals surface area (Å²) in [5, 5.41) is 24.4. The van der Waals surface area contributed by atoms with Crippen molar-refractivity contribution in [3.63, 3.8) is 0 Å². The van der Waals surface area contributed by atoms with Crippen LogP contribution in [0.15, 0.2) is 48.8 Å². The minimum absolute atomic E-state index is 0.0567. The van der Waals surface area contributed by atoms with Crippen molar-refractivity contribution in [3.05, 3.63) is 54.4 Å². The number of hydrogen-bond donors (Lipinski definition) is 5. The number of pyridine rings is 1. The number of aromatic nitrogens is 1. The number of phenols is 1. The smallest absolute Gasteiger partial charge is 0.407 e. The summed E-state index contributed by atoms with van der Waals surface area (Å²) in [4.78, 5) is 39.7. The molecule has 202 valence electrons. The lowest BCUT2D eigenvalue weighted by Gasteiger charge is -2.29. The van der Waals surface area contributed by atoms with Gasteiger partial charge in [0.25, 0.3) is 0 Å². The summed E-state index contributed by atoms with van der Waals surface area (Å²) in [6.07, 6.45) is 5.82. The number of nitrogens with one attached hydrogen (secondary N) is 2. The monoisotopic (exact) mass is 514 g/mol. The topological polar surface area (TPSA) is 164 Å². The normalized spacial score (nSPS) is 17.9. The second kappa shape index (κ2) is 14.1. The minimum atomic E-state index is -1.11. The summed E-state index contributed by atoms with van der Waals surface area (Å²) in [5.74, 6) is -1.29. The van der Waals surface area contributed by atoms with E-state index >= 15 is 0 Å². The van der Waals surface area contributed by atoms with Crippen LogP contribution in [0.5, 0.6) is 5.75 Å². The van der Waals surface area contributed by atoms with Crippen LogP contribution in [0.2, 0.25) is 0 Å². The number of carboxylic acid groups (broad SMARTS) is 1. The number of alkyl carbamates (subject to hydrolysis) is 1. The quantitative estimate of drug-likeness (QED) is 0.375. The Hall–Kier alpha value is -3.82. The van der Waals surface area contributed by atoms with Crippen LogP contribution < -0.4 is 16.4 Å². The highest BCUT2D eigenvalue weighted by Gasteiger charge is 2.30. The molecule has 10 nitrogen and oxygen atoms in total. The molecule has 3 rings (SSSR count). The lowest BCUT2D eigenvalue weighted by atomic mass is 9.81. The summed E-state index contributed by atoms with van der Waals surface area (Å²) >= 11 is 0. The van der Waals surface area contributed by atoms with E-state index in [0.29, 0.717) is 24.9 Å². The third-order valence-corrected chi connectivity index (χ3v) is 5.82. The molecule has 1 fully saturated rings. The average Bonchev–Trinajstić information content (AvgIpc) is 2.82. The molecule has 0 bridgehead atoms. The maximum absolute atomic E-state index is 12.6. The van der Waals surface area contributed by atoms with E-state index in [1.165, 1.54) is 12.1 Å². The van der Waals surface area contributed by atoms with E-state index < -0.39 is 23.7 Å². The molecule has 37 heavy (non-hydrogen) atoms. The van der Waals surface area contributed by atoms with Gasteiger partial charge < -0.3 is 31.3 Å². The standard InChI is InChI=1S/C22H32N2O6.C5H6N2/c1-22(2,3)30-21(29)23-13-14-7-9-16(10-8-14)19(26)24-18(20(27)28)12-15-5-4-6-17(25)11-15;6-5-1-3-7-4-2-5/h4-6,11,14,16,18,25H,7-10,12-13H2,1-3H3,(H,23,29)(H,24,26)(H,27,28);1-4H,(H2,6,7)/t14-,16-,18?;. The molecule has 6 N–H and O–H groups in total. The number of nitrogens with zero attached hydrogens (tertiary/aromatic N) is 1. The number of nitrogen functional groups attached to an aromatic ring is 1. The molecule has 1 aliphatic rings. The number of hydrogen-bond acceptors (Lipinski definition) is 7. The maximum atomic E-state index is 12.6. The fourth-order valence-corrected chi connectivity index (χ4v) is 3.94. The Balaban J connectivity index is 0.000000591. The highest BCUT2D eigenvalue weighted by atomic mass is 16.6. The van der Waals surface area contributed by atoms with E-state index in [4.69, 9.17) is 10.5 Å². The third kappa shape index (κ3) is 11.6. The van der Waals surface area contributed by atoms with Crippen molar-refractivity contribution in [2.24, 2.45) is 11.8 Å². The van der Waals surface area contributed by atoms with Gasteiger partial charge in [0.05, 0.1) is 0 Å². The number of carbonyl (C=O) groups is 3. The molecule has 1 heterocycles. The van der Waals surface area contributed by atoms with Crippen molar-refractivity contribution in [2.75, 3.05) is 12.3 Å². The molecule has 0 aliphatic heterocycles. The molecule has 1 aromatic carbocycles. The van der Waals surface area contributed by atoms with Crippen molar-refractivity contribution in [1.29, 1.82) is 0 Å². The van der Waals surface area contributed by atoms with Gasteiger partial charge in [0.2, 0.25) is 5.91 Å². The predicted molar refractivity (Wildman–Crippen MR) is 140 cm³/mol. The summed E-state index contributed by atoms with van der Waals surface area (Å²) in [6, 6.07) is 8.80. The van der Waals surface area contributed by atoms with Crippen LogP contribution >= 0.6 is 0 Å². The predicted octanol–water partition coefficient (Wildman–Crippen LogP) is 3.50. The van der Waals surface area contributed by atoms with Crippen LogP contribution in [-0.4, -0.2) is 51.4 Å². The number of phenolic OH excluding ortho intramolecular Hbond substituents is 1. The number of carboxylic acids is 1. The van der Waals surface area contributed by atoms with E-state index in [1.54, 1.807) is 57.4 Å². The summed E-state index contributed by atoms with van der Waals surface area (Å²) in [7, 11) is 0. The molecule has 0 saturated heterocycles. The molecule has 10 heteroatoms. The fourth-order valence-electron chi connectivity index (χ4n) is 3.94. The molecular weight excluding hydrogens is 476 g/mol. The van der Waals surface area contributed by atoms with Crippen LogP contribution in [0, 0.1) is 11.8 Å². The number of benzene rings is 1. The van der Waals surface area contributed by atoms with E-state index in [0.717, 1.165) is 18.5 Å². The van der Waals surface area contributed by atoms with Gasteiger partial charge in [-0.1, -0.05) is 12.1 Å². The van der Waals surface area contributed by atoms with Crippen molar-refractivity contribution in [2.45, 2.75) is 64.5 Å². The minimum Gasteiger partial charge on any atom is -0.508 e. The highest BCUT2D eigenvalue weighted by molar-refractivity contribution is 5.85. The van der Waals surface area contributed by atoms with Crippen molar-refractivity contribution in [3.8, 4) is 5.75 Å². The van der Waals surface area contributed by atoms with E-state index in [2.05, 4.69) is 15.6 Å². The van der Waals surface area contributed by atoms with Crippen LogP contribution in [0.3, 0.4) is 0 Å². The molecule has 2 amide bonds. The number of anilines is 1. The second-order valence-electron chi connectivity index (χ2n) is 10.2. The largest absolute Gasteiger partial charge is 0.508 e. The summed E-state index contributed by atoms with van der Waals surface area (Å²) in [5.41, 5.74) is 6.17. The van der Waals surface area contributed by atoms with Crippen molar-refractivity contribution in [1.82, 2.24) is 15.6 Å². The maximum Gasteiger partial charge on any atom is 0.407 e. The zero-order valence-electron chi connectivity index (χ0n) is 21.6. The number of carbonyl (C=O) groups excluding carboxylic acids is 2. The third-order valence-electron chi connectivity index (χ3n) is 5.82. The number of aliphatic carboxylic acids is 1. The van der Waals surface area contributed by atoms with Gasteiger partial charge in [0.1, 0.15) is 17.4 Å². The van der Waals surface area contributed by atoms with Crippen LogP contribution in [0.25, 0.3) is 0 Å². The molecule has 0 radical (unpaired) electrons. The first-order valence-corrected chi connectivity index (χ1v) is 12.4. The van der Waals surface area contributed by atoms with Crippen LogP contribution in [0.4, 0.5) is 10.5 Å². The van der Waals surface area contributed by atoms with Gasteiger partial charge in [0.15, 0.2) is 0 Å². The van der Waals surface area contributed by atoms with Gasteiger partial charge in [-0.2, -0.15) is 0 Å². The van der Waals surface area contributed by atoms with Crippen molar-refractivity contribution >= 4 is 23.7 Å². The zero-order chi connectivity index (χ0) is 27.4. The Morgan fingerprint density at radius 3 is 2.27 bits per heavy atom. The lowest BCUT2D eigenvalue weighted by Crippen LogP contribution is -2.46. The number of ether oxygens (including phenoxy) is 1. The first-order valence-electron chi connectivity index (χ1n) is 12.4. The second-order valence-corrected chi connectivity index (χ2v) is 10.2. The molecule has 1 aliphatic carbocycles. The fraction of sp³-hybridized carbons (Fsp3) is 0.481. The summed E-state index contributed by atoms with van der Waals surface area (Å²) in [6.45, 7) is 5.92. The SMILES string of the molecule is CC(C)(C)OC(=O)NC[C@H]1CC[C@H](C(=O)NC(Cc2cccc(O)c2)C(=O)O)CC1.Nc1ccncc1.